The fourth-order valence-corrected chi connectivity index (χ4v) is 14.2. The molecule has 22 nitrogen and oxygen atoms in total. The van der Waals surface area contributed by atoms with Crippen LogP contribution in [0.5, 0.6) is 0 Å². The average molecular weight is 1430 g/mol. The van der Waals surface area contributed by atoms with E-state index in [1.165, 1.54) is 30.9 Å². The molecule has 3 fully saturated rings. The van der Waals surface area contributed by atoms with Crippen LogP contribution in [0.2, 0.25) is 5.02 Å². The lowest BCUT2D eigenvalue weighted by molar-refractivity contribution is -0.158. The minimum atomic E-state index is -1.90. The molecule has 3 saturated heterocycles. The maximum Gasteiger partial charge on any atom is 0.409 e. The number of amides is 6. The van der Waals surface area contributed by atoms with Gasteiger partial charge in [0.1, 0.15) is 41.5 Å². The zero-order chi connectivity index (χ0) is 67.8. The number of hydrogen-bond donors (Lipinski definition) is 5. The highest BCUT2D eigenvalue weighted by Crippen LogP contribution is 2.49. The topological polar surface area (TPSA) is 295 Å². The molecule has 0 saturated carbocycles. The van der Waals surface area contributed by atoms with Crippen LogP contribution >= 0.6 is 43.5 Å². The van der Waals surface area contributed by atoms with Gasteiger partial charge in [0.15, 0.2) is 11.5 Å². The van der Waals surface area contributed by atoms with Gasteiger partial charge in [0.25, 0.3) is 5.91 Å². The molecule has 25 heteroatoms. The van der Waals surface area contributed by atoms with E-state index in [0.717, 1.165) is 36.0 Å². The number of hydrogen-bond acceptors (Lipinski definition) is 16. The van der Waals surface area contributed by atoms with Gasteiger partial charge >= 0.3 is 18.1 Å². The number of nitrogens with one attached hydrogen (secondary N) is 3. The summed E-state index contributed by atoms with van der Waals surface area (Å²) in [6.45, 7) is 14.1. The maximum atomic E-state index is 14.7. The summed E-state index contributed by atoms with van der Waals surface area (Å²) in [4.78, 5) is 128. The molecule has 4 aliphatic rings. The predicted molar refractivity (Wildman–Crippen MR) is 357 cm³/mol. The molecule has 0 aliphatic carbocycles. The van der Waals surface area contributed by atoms with Crippen LogP contribution in [-0.4, -0.2) is 176 Å². The number of Topliss-reactive ketones (excluding diaryl/α,β-unsaturated/α-hetero) is 3. The number of fused-ring (bicyclic) bond motifs is 5. The molecule has 2 aromatic carbocycles. The molecule has 0 unspecified atom stereocenters. The van der Waals surface area contributed by atoms with Crippen molar-refractivity contribution >= 4 is 108 Å². The van der Waals surface area contributed by atoms with Crippen LogP contribution in [0.4, 0.5) is 21.0 Å². The number of aliphatic hydroxyl groups is 1. The number of alkyl halides is 2. The Bertz CT molecular complexity index is 3050. The van der Waals surface area contributed by atoms with Gasteiger partial charge in [-0.15, -0.1) is 0 Å². The standard InChI is InChI=1S/C67H94Br2ClN7O15/c1-39(2)49(34-48(78)18-13-11-12-14-20-53(79)47(37-68)38-69)61(82)73-50(19-16-24-72-64(71)85)54(80)33-45-22-23-46(32-51(45)77-25-27-89-28-26-77)62(83)75(8)43(6)63(84)91-57-35-58(81)76(9)52-31-44(30-41(4)59(52)70)29-40(3)17-15-21-56(88-10)67(87)36-55(90-65(86)74-67)42(5)60-66(57,7)92-60/h15,17,21-23,30-32,39,42-43,47,49-50,55-57,60,87H,11-14,16,18-20,24-29,33-38H2,1-10H3,(H,73,82)(H,74,86)(H3,71,72,85)/b21-15+,40-17+/t42-,43+,49+,50+,55+,56-,57+,60+,66+,67+/m1/s1. The third-order valence-electron chi connectivity index (χ3n) is 18.2. The minimum Gasteiger partial charge on any atom is -0.457 e. The van der Waals surface area contributed by atoms with Gasteiger partial charge in [-0.05, 0) is 101 Å². The van der Waals surface area contributed by atoms with Gasteiger partial charge in [-0.25, -0.2) is 14.4 Å². The van der Waals surface area contributed by atoms with Crippen molar-refractivity contribution in [3.63, 3.8) is 0 Å². The molecule has 508 valence electrons. The van der Waals surface area contributed by atoms with Crippen LogP contribution in [0.3, 0.4) is 0 Å². The summed E-state index contributed by atoms with van der Waals surface area (Å²) in [5.41, 5.74) is 6.34. The highest BCUT2D eigenvalue weighted by molar-refractivity contribution is 9.09. The first kappa shape index (κ1) is 75.3. The molecular weight excluding hydrogens is 1340 g/mol. The number of alkyl carbamates (subject to hydrolysis) is 1. The molecule has 0 spiro atoms. The number of unbranched alkanes of at least 4 members (excludes halogenated alkanes) is 3. The fraction of sp³-hybridized carbons (Fsp3) is 0.627. The van der Waals surface area contributed by atoms with Crippen molar-refractivity contribution in [3.05, 3.63) is 81.4 Å². The highest BCUT2D eigenvalue weighted by Gasteiger charge is 2.64. The van der Waals surface area contributed by atoms with Crippen LogP contribution in [0.15, 0.2) is 54.1 Å². The summed E-state index contributed by atoms with van der Waals surface area (Å²) >= 11 is 13.7. The lowest BCUT2D eigenvalue weighted by atomic mass is 9.83. The number of primary amides is 1. The van der Waals surface area contributed by atoms with E-state index in [4.69, 9.17) is 41.0 Å². The number of ketones is 3. The summed E-state index contributed by atoms with van der Waals surface area (Å²) < 4.78 is 29.9. The van der Waals surface area contributed by atoms with E-state index >= 15 is 0 Å². The predicted octanol–water partition coefficient (Wildman–Crippen LogP) is 8.56. The van der Waals surface area contributed by atoms with Gasteiger partial charge in [0, 0.05) is 113 Å². The second kappa shape index (κ2) is 34.6. The Kier molecular flexibility index (Phi) is 28.3. The molecule has 2 aromatic rings. The number of anilines is 2. The highest BCUT2D eigenvalue weighted by atomic mass is 79.9. The molecule has 92 heavy (non-hydrogen) atoms. The number of ether oxygens (including phenoxy) is 5. The number of methoxy groups -OCH3 is 1. The van der Waals surface area contributed by atoms with Crippen molar-refractivity contribution in [2.75, 3.05) is 74.5 Å². The Labute approximate surface area is 562 Å². The van der Waals surface area contributed by atoms with E-state index in [1.54, 1.807) is 51.2 Å². The van der Waals surface area contributed by atoms with Crippen molar-refractivity contribution in [2.45, 2.75) is 180 Å². The number of urea groups is 1. The maximum absolute atomic E-state index is 14.7. The molecule has 0 aromatic heterocycles. The lowest BCUT2D eigenvalue weighted by Crippen LogP contribution is -2.63. The zero-order valence-electron chi connectivity index (χ0n) is 54.8. The number of carbonyl (C=O) groups excluding carboxylic acids is 9. The molecule has 0 radical (unpaired) electrons. The second-order valence-corrected chi connectivity index (χ2v) is 27.2. The number of morpholine rings is 1. The quantitative estimate of drug-likeness (QED) is 0.0231. The summed E-state index contributed by atoms with van der Waals surface area (Å²) in [7, 11) is 4.45. The Hall–Kier alpha value is -5.76. The largest absolute Gasteiger partial charge is 0.457 e. The number of nitrogens with zero attached hydrogens (tertiary/aromatic N) is 3. The molecule has 4 bridgehead atoms. The van der Waals surface area contributed by atoms with E-state index in [1.807, 2.05) is 50.8 Å². The Balaban J connectivity index is 1.21. The molecule has 6 N–H and O–H groups in total. The number of allylic oxidation sites excluding steroid dienone is 3. The molecule has 10 atom stereocenters. The summed E-state index contributed by atoms with van der Waals surface area (Å²) in [5, 5.41) is 21.6. The van der Waals surface area contributed by atoms with Gasteiger partial charge < -0.3 is 59.9 Å². The zero-order valence-corrected chi connectivity index (χ0v) is 58.7. The minimum absolute atomic E-state index is 0.0137. The van der Waals surface area contributed by atoms with E-state index < -0.39 is 102 Å². The van der Waals surface area contributed by atoms with Gasteiger partial charge in [-0.1, -0.05) is 113 Å². The van der Waals surface area contributed by atoms with E-state index in [9.17, 15) is 48.3 Å². The van der Waals surface area contributed by atoms with Crippen LogP contribution < -0.4 is 31.5 Å². The number of likely N-dealkylation sites (N-methyl/N-ethyl adjacent to an activating group) is 1. The number of halogens is 3. The first-order chi connectivity index (χ1) is 43.5. The van der Waals surface area contributed by atoms with Gasteiger partial charge in [0.2, 0.25) is 11.8 Å². The van der Waals surface area contributed by atoms with Gasteiger partial charge in [0.05, 0.1) is 42.5 Å². The van der Waals surface area contributed by atoms with Crippen LogP contribution in [0.25, 0.3) is 0 Å². The molecular formula is C67H94Br2ClN7O15. The summed E-state index contributed by atoms with van der Waals surface area (Å²) in [5.74, 6) is -4.24. The third-order valence-corrected chi connectivity index (χ3v) is 20.3. The summed E-state index contributed by atoms with van der Waals surface area (Å²) in [6.07, 6.45) is 4.31. The Morgan fingerprint density at radius 1 is 0.957 bits per heavy atom. The van der Waals surface area contributed by atoms with Crippen molar-refractivity contribution in [1.82, 2.24) is 20.9 Å². The second-order valence-electron chi connectivity index (χ2n) is 25.5. The average Bonchev–Trinajstić information content (AvgIpc) is 1.57. The van der Waals surface area contributed by atoms with E-state index in [-0.39, 0.29) is 79.8 Å². The number of epoxide rings is 1. The SMILES string of the molecule is CO[C@@H]1/C=C/C=C(\C)Cc2cc(C)c(Cl)c(c2)N(C)C(=O)C[C@H](OC(=O)[C@H](C)N(C)C(=O)c2ccc(CC(=O)[C@H](CCCNC(N)=O)NC(=O)[C@@H](CC(=O)CCCCCCC(=O)C(CBr)CBr)C(C)C)c(N3CCOCC3)c2)[C@]2(C)O[C@H]2[C@H](C)[C@@H]2C[C@@]1(O)NC(=O)O2. The van der Waals surface area contributed by atoms with Gasteiger partial charge in [-0.3, -0.25) is 34.1 Å². The fourth-order valence-electron chi connectivity index (χ4n) is 12.2. The summed E-state index contributed by atoms with van der Waals surface area (Å²) in [6, 6.07) is 5.63. The molecule has 6 amide bonds. The third kappa shape index (κ3) is 20.1. The smallest absolute Gasteiger partial charge is 0.409 e. The molecule has 6 rings (SSSR count). The monoisotopic (exact) mass is 1430 g/mol. The Morgan fingerprint density at radius 2 is 1.64 bits per heavy atom. The number of rotatable bonds is 28. The lowest BCUT2D eigenvalue weighted by Gasteiger charge is -2.42. The van der Waals surface area contributed by atoms with Crippen LogP contribution in [0, 0.1) is 30.6 Å². The van der Waals surface area contributed by atoms with Crippen molar-refractivity contribution < 1.29 is 71.9 Å². The van der Waals surface area contributed by atoms with Crippen LogP contribution in [0.1, 0.15) is 139 Å². The van der Waals surface area contributed by atoms with Crippen molar-refractivity contribution in [1.29, 1.82) is 0 Å². The molecule has 4 aliphatic heterocycles. The van der Waals surface area contributed by atoms with Gasteiger partial charge in [-0.2, -0.15) is 0 Å². The number of esters is 1. The first-order valence-corrected chi connectivity index (χ1v) is 34.4. The number of aryl methyl sites for hydroxylation is 1. The number of nitrogens with two attached hydrogens (primary N) is 1. The van der Waals surface area contributed by atoms with E-state index in [0.29, 0.717) is 78.2 Å². The van der Waals surface area contributed by atoms with Crippen molar-refractivity contribution in [2.24, 2.45) is 29.4 Å². The van der Waals surface area contributed by atoms with E-state index in [2.05, 4.69) is 47.8 Å². The number of carbonyl (C=O) groups is 9. The number of benzene rings is 2. The first-order valence-electron chi connectivity index (χ1n) is 31.8. The molecule has 4 heterocycles. The normalized spacial score (nSPS) is 24.6. The van der Waals surface area contributed by atoms with Crippen molar-refractivity contribution in [3.8, 4) is 0 Å². The Morgan fingerprint density at radius 3 is 2.29 bits per heavy atom. The van der Waals surface area contributed by atoms with Crippen LogP contribution in [-0.2, 0) is 65.3 Å².